The van der Waals surface area contributed by atoms with Gasteiger partial charge in [-0.1, -0.05) is 37.6 Å². The molecular weight excluding hydrogens is 530 g/mol. The zero-order valence-electron chi connectivity index (χ0n) is 22.8. The summed E-state index contributed by atoms with van der Waals surface area (Å²) in [5, 5.41) is 10.6. The molecule has 0 aromatic heterocycles. The fourth-order valence-corrected chi connectivity index (χ4v) is 6.34. The molecule has 1 aliphatic carbocycles. The highest BCUT2D eigenvalue weighted by molar-refractivity contribution is 7.90. The average Bonchev–Trinajstić information content (AvgIpc) is 2.90. The average molecular weight is 564 g/mol. The molecule has 2 N–H and O–H groups in total. The summed E-state index contributed by atoms with van der Waals surface area (Å²) in [7, 11) is -4.03. The number of carbonyl (C=O) groups is 3. The van der Waals surface area contributed by atoms with Gasteiger partial charge in [-0.2, -0.15) is 0 Å². The van der Waals surface area contributed by atoms with Crippen LogP contribution in [0.1, 0.15) is 76.1 Å². The van der Waals surface area contributed by atoms with E-state index < -0.39 is 21.8 Å². The minimum atomic E-state index is -4.03. The van der Waals surface area contributed by atoms with Gasteiger partial charge in [-0.25, -0.2) is 13.1 Å². The highest BCUT2D eigenvalue weighted by Gasteiger charge is 2.31. The summed E-state index contributed by atoms with van der Waals surface area (Å²) in [5.41, 5.74) is 3.58. The van der Waals surface area contributed by atoms with Crippen LogP contribution in [0.3, 0.4) is 0 Å². The molecule has 0 saturated carbocycles. The zero-order chi connectivity index (χ0) is 29.0. The van der Waals surface area contributed by atoms with Crippen molar-refractivity contribution in [3.63, 3.8) is 0 Å². The molecule has 3 aromatic carbocycles. The Bertz CT molecular complexity index is 1580. The summed E-state index contributed by atoms with van der Waals surface area (Å²) >= 11 is 0. The number of fused-ring (bicyclic) bond motifs is 1. The topological polar surface area (TPSA) is 127 Å². The summed E-state index contributed by atoms with van der Waals surface area (Å²) in [6, 6.07) is 14.9. The molecule has 210 valence electrons. The second-order valence-corrected chi connectivity index (χ2v) is 11.8. The third-order valence-corrected chi connectivity index (χ3v) is 8.73. The Hall–Kier alpha value is -3.98. The molecule has 0 bridgehead atoms. The van der Waals surface area contributed by atoms with Crippen molar-refractivity contribution in [3.8, 4) is 11.5 Å². The number of carbonyl (C=O) groups excluding carboxylic acids is 3. The van der Waals surface area contributed by atoms with E-state index >= 15 is 0 Å². The van der Waals surface area contributed by atoms with Crippen LogP contribution in [-0.4, -0.2) is 31.0 Å². The number of amides is 1. The van der Waals surface area contributed by atoms with Crippen molar-refractivity contribution in [2.24, 2.45) is 5.92 Å². The molecule has 0 heterocycles. The number of hydrogen-bond acceptors (Lipinski definition) is 7. The third-order valence-electron chi connectivity index (χ3n) is 7.19. The Labute approximate surface area is 234 Å². The van der Waals surface area contributed by atoms with Crippen molar-refractivity contribution >= 4 is 27.5 Å². The second kappa shape index (κ2) is 12.0. The van der Waals surface area contributed by atoms with Gasteiger partial charge in [0, 0.05) is 23.5 Å². The van der Waals surface area contributed by atoms with E-state index in [1.165, 1.54) is 13.0 Å². The van der Waals surface area contributed by atoms with E-state index in [0.717, 1.165) is 17.5 Å². The first-order valence-electron chi connectivity index (χ1n) is 13.3. The van der Waals surface area contributed by atoms with Gasteiger partial charge in [0.25, 0.3) is 10.0 Å². The molecule has 1 atom stereocenters. The first-order valence-corrected chi connectivity index (χ1v) is 14.8. The molecule has 3 aromatic rings. The number of Topliss-reactive ketones (excluding diaryl/α,β-unsaturated/α-hetero) is 2. The molecule has 1 aliphatic rings. The van der Waals surface area contributed by atoms with Crippen molar-refractivity contribution < 1.29 is 32.6 Å². The molecule has 40 heavy (non-hydrogen) atoms. The minimum Gasteiger partial charge on any atom is -0.507 e. The number of sulfonamides is 1. The minimum absolute atomic E-state index is 0.00623. The quantitative estimate of drug-likeness (QED) is 0.330. The molecular formula is C31H33NO7S. The number of phenols is 1. The molecule has 0 spiro atoms. The Morgan fingerprint density at radius 1 is 1.10 bits per heavy atom. The lowest BCUT2D eigenvalue weighted by Crippen LogP contribution is -2.35. The monoisotopic (exact) mass is 563 g/mol. The van der Waals surface area contributed by atoms with Crippen molar-refractivity contribution in [3.05, 3.63) is 88.0 Å². The lowest BCUT2D eigenvalue weighted by molar-refractivity contribution is -0.120. The maximum absolute atomic E-state index is 13.1. The maximum atomic E-state index is 13.1. The molecule has 4 rings (SSSR count). The number of aromatic hydroxyl groups is 1. The molecule has 0 radical (unpaired) electrons. The van der Waals surface area contributed by atoms with E-state index in [1.54, 1.807) is 55.5 Å². The molecule has 0 fully saturated rings. The van der Waals surface area contributed by atoms with Gasteiger partial charge in [0.1, 0.15) is 18.1 Å². The fraction of sp³-hybridized carbons (Fsp3) is 0.323. The van der Waals surface area contributed by atoms with Gasteiger partial charge >= 0.3 is 0 Å². The van der Waals surface area contributed by atoms with E-state index in [0.29, 0.717) is 41.7 Å². The molecule has 0 aliphatic heterocycles. The number of hydrogen-bond donors (Lipinski definition) is 2. The number of ketones is 2. The summed E-state index contributed by atoms with van der Waals surface area (Å²) < 4.78 is 33.4. The number of phenolic OH excluding ortho intramolecular Hbond substituents is 1. The zero-order valence-corrected chi connectivity index (χ0v) is 23.6. The number of aryl methyl sites for hydroxylation is 2. The Morgan fingerprint density at radius 3 is 2.55 bits per heavy atom. The summed E-state index contributed by atoms with van der Waals surface area (Å²) in [6.07, 6.45) is 2.12. The summed E-state index contributed by atoms with van der Waals surface area (Å²) in [6.45, 7) is 5.24. The van der Waals surface area contributed by atoms with Crippen molar-refractivity contribution in [2.75, 3.05) is 0 Å². The SMILES string of the molecule is CCCc1c(COc2ccc3c(c2)CCC(CC(=O)NS(=O)(=O)c2ccccc2C)C3=O)ccc(C(C)=O)c1O. The normalized spacial score (nSPS) is 14.9. The van der Waals surface area contributed by atoms with Crippen LogP contribution in [-0.2, 0) is 34.3 Å². The predicted molar refractivity (Wildman–Crippen MR) is 150 cm³/mol. The van der Waals surface area contributed by atoms with E-state index in [-0.39, 0.29) is 40.8 Å². The van der Waals surface area contributed by atoms with Gasteiger partial charge in [0.05, 0.1) is 10.5 Å². The molecule has 0 saturated heterocycles. The predicted octanol–water partition coefficient (Wildman–Crippen LogP) is 5.08. The van der Waals surface area contributed by atoms with Crippen molar-refractivity contribution in [2.45, 2.75) is 64.4 Å². The second-order valence-electron chi connectivity index (χ2n) is 10.1. The van der Waals surface area contributed by atoms with Crippen LogP contribution in [0, 0.1) is 12.8 Å². The summed E-state index contributed by atoms with van der Waals surface area (Å²) in [4.78, 5) is 37.6. The van der Waals surface area contributed by atoms with Gasteiger partial charge in [-0.15, -0.1) is 0 Å². The third kappa shape index (κ3) is 6.25. The van der Waals surface area contributed by atoms with E-state index in [1.807, 2.05) is 6.92 Å². The highest BCUT2D eigenvalue weighted by atomic mass is 32.2. The van der Waals surface area contributed by atoms with Crippen LogP contribution in [0.2, 0.25) is 0 Å². The first-order chi connectivity index (χ1) is 19.0. The number of ether oxygens (including phenoxy) is 1. The summed E-state index contributed by atoms with van der Waals surface area (Å²) in [5.74, 6) is -1.19. The van der Waals surface area contributed by atoms with Crippen LogP contribution in [0.25, 0.3) is 0 Å². The van der Waals surface area contributed by atoms with Gasteiger partial charge in [0.2, 0.25) is 5.91 Å². The Balaban J connectivity index is 1.42. The largest absolute Gasteiger partial charge is 0.507 e. The van der Waals surface area contributed by atoms with Crippen LogP contribution in [0.4, 0.5) is 0 Å². The number of nitrogens with one attached hydrogen (secondary N) is 1. The van der Waals surface area contributed by atoms with Crippen molar-refractivity contribution in [1.82, 2.24) is 4.72 Å². The molecule has 1 unspecified atom stereocenters. The number of benzene rings is 3. The van der Waals surface area contributed by atoms with Gasteiger partial charge < -0.3 is 9.84 Å². The van der Waals surface area contributed by atoms with Gasteiger partial charge in [0.15, 0.2) is 11.6 Å². The maximum Gasteiger partial charge on any atom is 0.264 e. The van der Waals surface area contributed by atoms with E-state index in [2.05, 4.69) is 4.72 Å². The smallest absolute Gasteiger partial charge is 0.264 e. The van der Waals surface area contributed by atoms with Gasteiger partial charge in [-0.05, 0) is 80.1 Å². The Kier molecular flexibility index (Phi) is 8.73. The van der Waals surface area contributed by atoms with Crippen molar-refractivity contribution in [1.29, 1.82) is 0 Å². The molecule has 8 nitrogen and oxygen atoms in total. The van der Waals surface area contributed by atoms with E-state index in [4.69, 9.17) is 4.74 Å². The number of rotatable bonds is 10. The standard InChI is InChI=1S/C31H33NO7S/c1-4-7-26-23(12-14-25(20(3)33)31(26)36)18-39-24-13-15-27-21(16-24)10-11-22(30(27)35)17-29(34)32-40(37,38)28-9-6-5-8-19(28)2/h5-6,8-9,12-16,22,36H,4,7,10-11,17-18H2,1-3H3,(H,32,34). The lowest BCUT2D eigenvalue weighted by atomic mass is 9.81. The Morgan fingerprint density at radius 2 is 1.85 bits per heavy atom. The first kappa shape index (κ1) is 29.0. The van der Waals surface area contributed by atoms with Crippen LogP contribution < -0.4 is 9.46 Å². The fourth-order valence-electron chi connectivity index (χ4n) is 5.10. The highest BCUT2D eigenvalue weighted by Crippen LogP contribution is 2.32. The van der Waals surface area contributed by atoms with Crippen LogP contribution >= 0.6 is 0 Å². The lowest BCUT2D eigenvalue weighted by Gasteiger charge is -2.23. The van der Waals surface area contributed by atoms with Crippen LogP contribution in [0.5, 0.6) is 11.5 Å². The van der Waals surface area contributed by atoms with E-state index in [9.17, 15) is 27.9 Å². The molecule has 9 heteroatoms. The van der Waals surface area contributed by atoms with Gasteiger partial charge in [-0.3, -0.25) is 14.4 Å². The van der Waals surface area contributed by atoms with Crippen LogP contribution in [0.15, 0.2) is 59.5 Å². The molecule has 1 amide bonds.